The van der Waals surface area contributed by atoms with E-state index in [9.17, 15) is 4.79 Å². The minimum Gasteiger partial charge on any atom is -0.822 e. The van der Waals surface area contributed by atoms with Crippen molar-refractivity contribution >= 4 is 14.1 Å². The predicted octanol–water partition coefficient (Wildman–Crippen LogP) is -15.2. The van der Waals surface area contributed by atoms with E-state index < -0.39 is 38.8 Å². The topological polar surface area (TPSA) is 204 Å². The monoisotopic (exact) mass is 392 g/mol. The summed E-state index contributed by atoms with van der Waals surface area (Å²) in [6.45, 7) is -0.760. The number of hydrogen-bond acceptors (Lipinski definition) is 10. The molecule has 0 bridgehead atoms. The van der Waals surface area contributed by atoms with Crippen LogP contribution in [-0.4, -0.2) is 62.8 Å². The summed E-state index contributed by atoms with van der Waals surface area (Å²) in [7, 11) is -5.39. The van der Waals surface area contributed by atoms with E-state index in [2.05, 4.69) is 0 Å². The van der Waals surface area contributed by atoms with Crippen LogP contribution >= 0.6 is 7.82 Å². The predicted molar refractivity (Wildman–Crippen MR) is 44.8 cm³/mol. The van der Waals surface area contributed by atoms with Gasteiger partial charge in [0.2, 0.25) is 0 Å². The average Bonchev–Trinajstić information content (AvgIpc) is 2.22. The SMILES string of the molecule is O=C[C@@H](O)[C@@H](O)[C@H](O)[C@H](O)CO.O=P([O-])([O-])[O-].[K+].[K+].[K+]. The molecule has 0 aromatic rings. The standard InChI is InChI=1S/C6H12O6.3K.H3O4P/c7-1-3(9)5(11)6(12)4(10)2-8;;;;1-5(2,3)4/h1,3-6,8-12H,2H2;;;;(H3,1,2,3,4)/q;3*+1;/p-3/t3-,4-,5-,6-;;;;/m1..../s1. The van der Waals surface area contributed by atoms with E-state index in [0.717, 1.165) is 0 Å². The summed E-state index contributed by atoms with van der Waals surface area (Å²) in [5, 5.41) is 43.5. The Morgan fingerprint density at radius 1 is 0.950 bits per heavy atom. The van der Waals surface area contributed by atoms with Gasteiger partial charge in [0.1, 0.15) is 24.4 Å². The molecule has 4 atom stereocenters. The molecule has 0 radical (unpaired) electrons. The summed E-state index contributed by atoms with van der Waals surface area (Å²) in [6.07, 6.45) is -6.84. The number of carbonyl (C=O) groups is 1. The van der Waals surface area contributed by atoms with Crippen LogP contribution in [0.25, 0.3) is 0 Å². The van der Waals surface area contributed by atoms with Crippen molar-refractivity contribution in [2.24, 2.45) is 0 Å². The summed E-state index contributed by atoms with van der Waals surface area (Å²) in [4.78, 5) is 35.5. The van der Waals surface area contributed by atoms with Crippen LogP contribution in [0.15, 0.2) is 0 Å². The third kappa shape index (κ3) is 24.7. The molecule has 0 aromatic heterocycles. The smallest absolute Gasteiger partial charge is 0.822 e. The Morgan fingerprint density at radius 3 is 1.45 bits per heavy atom. The van der Waals surface area contributed by atoms with Crippen LogP contribution in [0.2, 0.25) is 0 Å². The van der Waals surface area contributed by atoms with Gasteiger partial charge in [0, 0.05) is 0 Å². The van der Waals surface area contributed by atoms with Gasteiger partial charge in [-0.15, -0.1) is 0 Å². The van der Waals surface area contributed by atoms with E-state index in [4.69, 9.17) is 44.8 Å². The van der Waals surface area contributed by atoms with Gasteiger partial charge in [0.15, 0.2) is 6.29 Å². The van der Waals surface area contributed by atoms with E-state index >= 15 is 0 Å². The van der Waals surface area contributed by atoms with Gasteiger partial charge >= 0.3 is 154 Å². The van der Waals surface area contributed by atoms with Crippen molar-refractivity contribution in [1.82, 2.24) is 0 Å². The maximum absolute atomic E-state index is 9.90. The summed E-state index contributed by atoms with van der Waals surface area (Å²) in [6, 6.07) is 0. The number of phosphoric acid groups is 1. The van der Waals surface area contributed by atoms with E-state index in [0.29, 0.717) is 0 Å². The first-order valence-electron chi connectivity index (χ1n) is 4.06. The summed E-state index contributed by atoms with van der Waals surface area (Å²) in [5.74, 6) is 0. The molecule has 0 aliphatic carbocycles. The van der Waals surface area contributed by atoms with E-state index in [1.807, 2.05) is 0 Å². The zero-order valence-electron chi connectivity index (χ0n) is 11.3. The fourth-order valence-electron chi connectivity index (χ4n) is 0.618. The molecule has 0 aliphatic rings. The molecular formula is C6H12K3O10P. The fraction of sp³-hybridized carbons (Fsp3) is 0.833. The molecule has 0 amide bonds. The zero-order valence-corrected chi connectivity index (χ0v) is 21.6. The minimum absolute atomic E-state index is 0. The van der Waals surface area contributed by atoms with Crippen molar-refractivity contribution in [3.63, 3.8) is 0 Å². The molecule has 10 nitrogen and oxygen atoms in total. The third-order valence-corrected chi connectivity index (χ3v) is 1.42. The Hall–Kier alpha value is 4.49. The van der Waals surface area contributed by atoms with E-state index in [-0.39, 0.29) is 160 Å². The zero-order chi connectivity index (χ0) is 14.2. The Labute approximate surface area is 242 Å². The Kier molecular flexibility index (Phi) is 35.2. The number of aldehydes is 1. The van der Waals surface area contributed by atoms with Gasteiger partial charge in [-0.3, -0.25) is 0 Å². The summed E-state index contributed by atoms with van der Waals surface area (Å²) >= 11 is 0. The van der Waals surface area contributed by atoms with Crippen molar-refractivity contribution in [3.05, 3.63) is 0 Å². The van der Waals surface area contributed by atoms with Crippen molar-refractivity contribution in [2.45, 2.75) is 24.4 Å². The van der Waals surface area contributed by atoms with Gasteiger partial charge in [0.25, 0.3) is 0 Å². The number of aliphatic hydroxyl groups excluding tert-OH is 5. The van der Waals surface area contributed by atoms with Crippen molar-refractivity contribution < 1.29 is 204 Å². The van der Waals surface area contributed by atoms with Crippen molar-refractivity contribution in [3.8, 4) is 0 Å². The van der Waals surface area contributed by atoms with Crippen LogP contribution in [0.5, 0.6) is 0 Å². The fourth-order valence-corrected chi connectivity index (χ4v) is 0.618. The normalized spacial score (nSPS) is 15.6. The third-order valence-electron chi connectivity index (χ3n) is 1.42. The molecule has 0 spiro atoms. The van der Waals surface area contributed by atoms with Crippen LogP contribution in [0.3, 0.4) is 0 Å². The molecule has 0 rings (SSSR count). The molecule has 0 saturated carbocycles. The second-order valence-corrected chi connectivity index (χ2v) is 3.70. The molecule has 0 unspecified atom stereocenters. The number of aliphatic hydroxyl groups is 5. The maximum atomic E-state index is 9.90. The molecule has 0 heterocycles. The molecule has 20 heavy (non-hydrogen) atoms. The van der Waals surface area contributed by atoms with Gasteiger partial charge in [-0.05, 0) is 0 Å². The molecule has 5 N–H and O–H groups in total. The second kappa shape index (κ2) is 19.8. The van der Waals surface area contributed by atoms with Crippen LogP contribution in [-0.2, 0) is 9.36 Å². The van der Waals surface area contributed by atoms with Gasteiger partial charge in [-0.25, -0.2) is 0 Å². The Bertz CT molecular complexity index is 255. The van der Waals surface area contributed by atoms with Crippen LogP contribution in [0.4, 0.5) is 0 Å². The average molecular weight is 392 g/mol. The summed E-state index contributed by atoms with van der Waals surface area (Å²) < 4.78 is 8.55. The first kappa shape index (κ1) is 35.6. The molecule has 0 saturated heterocycles. The van der Waals surface area contributed by atoms with Gasteiger partial charge in [-0.2, -0.15) is 7.82 Å². The molecule has 0 aromatic carbocycles. The van der Waals surface area contributed by atoms with Crippen LogP contribution in [0.1, 0.15) is 0 Å². The Balaban J connectivity index is -0.0000000821. The maximum Gasteiger partial charge on any atom is 1.00 e. The molecule has 104 valence electrons. The quantitative estimate of drug-likeness (QED) is 0.170. The minimum atomic E-state index is -5.39. The Morgan fingerprint density at radius 2 is 1.25 bits per heavy atom. The molecule has 14 heteroatoms. The van der Waals surface area contributed by atoms with Gasteiger partial charge in [0.05, 0.1) is 6.61 Å². The first-order chi connectivity index (χ1) is 7.54. The van der Waals surface area contributed by atoms with Crippen molar-refractivity contribution in [2.75, 3.05) is 6.61 Å². The van der Waals surface area contributed by atoms with Crippen LogP contribution < -0.4 is 169 Å². The number of carbonyl (C=O) groups excluding carboxylic acids is 1. The van der Waals surface area contributed by atoms with Gasteiger partial charge < -0.3 is 49.6 Å². The van der Waals surface area contributed by atoms with Crippen molar-refractivity contribution in [1.29, 1.82) is 0 Å². The largest absolute Gasteiger partial charge is 1.00 e. The molecule has 0 aliphatic heterocycles. The molecular weight excluding hydrogens is 380 g/mol. The van der Waals surface area contributed by atoms with Gasteiger partial charge in [-0.1, -0.05) is 0 Å². The van der Waals surface area contributed by atoms with E-state index in [1.54, 1.807) is 0 Å². The first-order valence-corrected chi connectivity index (χ1v) is 5.52. The number of hydrogen-bond donors (Lipinski definition) is 5. The van der Waals surface area contributed by atoms with E-state index in [1.165, 1.54) is 0 Å². The summed E-state index contributed by atoms with van der Waals surface area (Å²) in [5.41, 5.74) is 0. The molecule has 0 fully saturated rings. The second-order valence-electron chi connectivity index (χ2n) is 2.80. The van der Waals surface area contributed by atoms with Crippen LogP contribution in [0, 0.1) is 0 Å². The number of rotatable bonds is 5.